The maximum atomic E-state index is 12.8. The first-order valence-corrected chi connectivity index (χ1v) is 24.7. The molecule has 0 aromatic heterocycles. The quantitative estimate of drug-likeness (QED) is 0.0282. The third-order valence-corrected chi connectivity index (χ3v) is 10.9. The Labute approximate surface area is 369 Å². The van der Waals surface area contributed by atoms with E-state index in [1.165, 1.54) is 103 Å². The van der Waals surface area contributed by atoms with Crippen LogP contribution >= 0.6 is 0 Å². The highest BCUT2D eigenvalue weighted by atomic mass is 16.6. The monoisotopic (exact) mass is 845 g/mol. The normalized spacial score (nSPS) is 13.3. The minimum Gasteiger partial charge on any atom is -0.477 e. The van der Waals surface area contributed by atoms with Gasteiger partial charge in [0.15, 0.2) is 12.1 Å². The van der Waals surface area contributed by atoms with E-state index in [2.05, 4.69) is 62.5 Å². The molecule has 0 heterocycles. The SMILES string of the molecule is CCC/C=C\C/C=C\CCCCCCCC(=O)OCC(COCCC(C(=O)O)[N+](C)(C)C)OC(=O)CCCCCCCCCCCCC/C=C\C/C=C\CCCCCCC. The molecule has 348 valence electrons. The molecular formula is C52H94NO7+. The summed E-state index contributed by atoms with van der Waals surface area (Å²) in [5.74, 6) is -1.48. The van der Waals surface area contributed by atoms with Crippen LogP contribution in [0.2, 0.25) is 0 Å². The van der Waals surface area contributed by atoms with Crippen molar-refractivity contribution in [3.05, 3.63) is 48.6 Å². The highest BCUT2D eigenvalue weighted by molar-refractivity contribution is 5.72. The summed E-state index contributed by atoms with van der Waals surface area (Å²) in [6.45, 7) is 4.66. The van der Waals surface area contributed by atoms with E-state index in [-0.39, 0.29) is 36.2 Å². The van der Waals surface area contributed by atoms with Gasteiger partial charge in [-0.25, -0.2) is 4.79 Å². The summed E-state index contributed by atoms with van der Waals surface area (Å²) in [7, 11) is 5.53. The number of likely N-dealkylation sites (N-methyl/N-ethyl adjacent to an activating group) is 1. The molecule has 0 aliphatic rings. The Bertz CT molecular complexity index is 1120. The summed E-state index contributed by atoms with van der Waals surface area (Å²) in [5, 5.41) is 9.64. The minimum atomic E-state index is -0.877. The predicted molar refractivity (Wildman–Crippen MR) is 252 cm³/mol. The lowest BCUT2D eigenvalue weighted by Gasteiger charge is -2.31. The van der Waals surface area contributed by atoms with Crippen molar-refractivity contribution in [2.45, 2.75) is 225 Å². The van der Waals surface area contributed by atoms with Crippen molar-refractivity contribution < 1.29 is 38.2 Å². The van der Waals surface area contributed by atoms with Crippen molar-refractivity contribution in [3.8, 4) is 0 Å². The molecule has 0 aliphatic carbocycles. The number of aliphatic carboxylic acids is 1. The van der Waals surface area contributed by atoms with Gasteiger partial charge in [-0.15, -0.1) is 0 Å². The van der Waals surface area contributed by atoms with Crippen molar-refractivity contribution in [1.29, 1.82) is 0 Å². The number of carbonyl (C=O) groups excluding carboxylic acids is 2. The van der Waals surface area contributed by atoms with Gasteiger partial charge >= 0.3 is 17.9 Å². The average molecular weight is 845 g/mol. The lowest BCUT2D eigenvalue weighted by molar-refractivity contribution is -0.887. The number of rotatable bonds is 44. The molecule has 2 atom stereocenters. The molecule has 0 aromatic carbocycles. The number of nitrogens with zero attached hydrogens (tertiary/aromatic N) is 1. The van der Waals surface area contributed by atoms with E-state index >= 15 is 0 Å². The molecule has 1 N–H and O–H groups in total. The van der Waals surface area contributed by atoms with Gasteiger partial charge in [0.1, 0.15) is 6.61 Å². The maximum Gasteiger partial charge on any atom is 0.362 e. The van der Waals surface area contributed by atoms with Crippen LogP contribution < -0.4 is 0 Å². The Morgan fingerprint density at radius 3 is 1.35 bits per heavy atom. The van der Waals surface area contributed by atoms with E-state index in [0.717, 1.165) is 77.0 Å². The lowest BCUT2D eigenvalue weighted by atomic mass is 10.0. The fourth-order valence-corrected chi connectivity index (χ4v) is 7.10. The first-order chi connectivity index (χ1) is 29.1. The Kier molecular flexibility index (Phi) is 41.0. The molecule has 0 spiro atoms. The third-order valence-electron chi connectivity index (χ3n) is 10.9. The van der Waals surface area contributed by atoms with Gasteiger partial charge in [0.2, 0.25) is 0 Å². The van der Waals surface area contributed by atoms with Crippen LogP contribution in [0.25, 0.3) is 0 Å². The number of carboxylic acids is 1. The smallest absolute Gasteiger partial charge is 0.362 e. The number of carbonyl (C=O) groups is 3. The van der Waals surface area contributed by atoms with Crippen molar-refractivity contribution in [2.24, 2.45) is 0 Å². The zero-order valence-corrected chi connectivity index (χ0v) is 39.7. The topological polar surface area (TPSA) is 99.1 Å². The molecule has 8 nitrogen and oxygen atoms in total. The number of allylic oxidation sites excluding steroid dienone is 8. The van der Waals surface area contributed by atoms with Crippen LogP contribution in [-0.2, 0) is 28.6 Å². The Morgan fingerprint density at radius 1 is 0.500 bits per heavy atom. The zero-order chi connectivity index (χ0) is 44.2. The molecule has 0 aromatic rings. The number of ether oxygens (including phenoxy) is 3. The maximum absolute atomic E-state index is 12.8. The van der Waals surface area contributed by atoms with Crippen LogP contribution in [0.5, 0.6) is 0 Å². The van der Waals surface area contributed by atoms with Gasteiger partial charge in [-0.05, 0) is 70.6 Å². The second-order valence-electron chi connectivity index (χ2n) is 17.7. The second kappa shape index (κ2) is 43.0. The predicted octanol–water partition coefficient (Wildman–Crippen LogP) is 14.0. The first kappa shape index (κ1) is 57.3. The van der Waals surface area contributed by atoms with Crippen molar-refractivity contribution >= 4 is 17.9 Å². The number of carboxylic acid groups (broad SMARTS) is 1. The van der Waals surface area contributed by atoms with E-state index in [1.54, 1.807) is 0 Å². The van der Waals surface area contributed by atoms with Gasteiger partial charge in [0.05, 0.1) is 34.4 Å². The standard InChI is InChI=1S/C52H93NO7/c1-6-8-10-12-14-16-18-20-21-22-23-24-25-26-27-28-29-31-33-35-37-39-41-43-51(55)60-48(46-58-45-44-49(52(56)57)53(3,4)5)47-59-50(54)42-40-38-36-34-32-30-19-17-15-13-11-9-7-2/h11,13,17-20,22-23,48-49H,6-10,12,14-16,21,24-47H2,1-5H3/p+1/b13-11-,19-17-,20-18-,23-22-. The molecule has 8 heteroatoms. The lowest BCUT2D eigenvalue weighted by Crippen LogP contribution is -2.50. The number of quaternary nitrogens is 1. The van der Waals surface area contributed by atoms with Gasteiger partial charge in [-0.1, -0.05) is 172 Å². The first-order valence-electron chi connectivity index (χ1n) is 24.7. The number of hydrogen-bond donors (Lipinski definition) is 1. The minimum absolute atomic E-state index is 0.0558. The molecule has 0 radical (unpaired) electrons. The van der Waals surface area contributed by atoms with E-state index in [1.807, 2.05) is 21.1 Å². The summed E-state index contributed by atoms with van der Waals surface area (Å²) in [6, 6.07) is -0.618. The number of hydrogen-bond acceptors (Lipinski definition) is 6. The van der Waals surface area contributed by atoms with E-state index < -0.39 is 18.1 Å². The zero-order valence-electron chi connectivity index (χ0n) is 39.7. The van der Waals surface area contributed by atoms with Crippen LogP contribution in [0.3, 0.4) is 0 Å². The Hall–Kier alpha value is -2.71. The van der Waals surface area contributed by atoms with Crippen LogP contribution in [-0.4, -0.2) is 80.6 Å². The summed E-state index contributed by atoms with van der Waals surface area (Å²) in [6.07, 6.45) is 51.6. The number of unbranched alkanes of at least 4 members (excludes halogenated alkanes) is 22. The highest BCUT2D eigenvalue weighted by Crippen LogP contribution is 2.15. The van der Waals surface area contributed by atoms with Gasteiger partial charge in [-0.2, -0.15) is 0 Å². The Balaban J connectivity index is 4.23. The van der Waals surface area contributed by atoms with E-state index in [0.29, 0.717) is 19.3 Å². The van der Waals surface area contributed by atoms with Crippen LogP contribution in [0.4, 0.5) is 0 Å². The molecule has 0 saturated heterocycles. The van der Waals surface area contributed by atoms with E-state index in [4.69, 9.17) is 14.2 Å². The molecule has 0 bridgehead atoms. The molecule has 0 saturated carbocycles. The Morgan fingerprint density at radius 2 is 0.917 bits per heavy atom. The van der Waals surface area contributed by atoms with Gasteiger partial charge in [0, 0.05) is 19.3 Å². The van der Waals surface area contributed by atoms with Gasteiger partial charge in [-0.3, -0.25) is 9.59 Å². The fraction of sp³-hybridized carbons (Fsp3) is 0.788. The van der Waals surface area contributed by atoms with Gasteiger partial charge in [0.25, 0.3) is 0 Å². The van der Waals surface area contributed by atoms with Crippen LogP contribution in [0.15, 0.2) is 48.6 Å². The highest BCUT2D eigenvalue weighted by Gasteiger charge is 2.31. The summed E-state index contributed by atoms with van der Waals surface area (Å²) in [4.78, 5) is 37.1. The van der Waals surface area contributed by atoms with Crippen molar-refractivity contribution in [2.75, 3.05) is 41.0 Å². The molecule has 0 fully saturated rings. The average Bonchev–Trinajstić information content (AvgIpc) is 3.21. The molecule has 2 unspecified atom stereocenters. The van der Waals surface area contributed by atoms with E-state index in [9.17, 15) is 19.5 Å². The fourth-order valence-electron chi connectivity index (χ4n) is 7.10. The second-order valence-corrected chi connectivity index (χ2v) is 17.7. The molecule has 60 heavy (non-hydrogen) atoms. The molecule has 0 rings (SSSR count). The van der Waals surface area contributed by atoms with Crippen LogP contribution in [0.1, 0.15) is 213 Å². The summed E-state index contributed by atoms with van der Waals surface area (Å²) >= 11 is 0. The molecular weight excluding hydrogens is 751 g/mol. The van der Waals surface area contributed by atoms with Crippen molar-refractivity contribution in [3.63, 3.8) is 0 Å². The molecule has 0 amide bonds. The van der Waals surface area contributed by atoms with Crippen LogP contribution in [0, 0.1) is 0 Å². The third kappa shape index (κ3) is 40.7. The number of esters is 2. The van der Waals surface area contributed by atoms with Crippen molar-refractivity contribution in [1.82, 2.24) is 0 Å². The van der Waals surface area contributed by atoms with Gasteiger partial charge < -0.3 is 23.8 Å². The largest absolute Gasteiger partial charge is 0.477 e. The summed E-state index contributed by atoms with van der Waals surface area (Å²) < 4.78 is 17.3. The molecule has 0 aliphatic heterocycles. The summed E-state index contributed by atoms with van der Waals surface area (Å²) in [5.41, 5.74) is 0.